The quantitative estimate of drug-likeness (QED) is 0.730. The van der Waals surface area contributed by atoms with E-state index in [4.69, 9.17) is 23.2 Å². The van der Waals surface area contributed by atoms with Gasteiger partial charge in [-0.3, -0.25) is 0 Å². The highest BCUT2D eigenvalue weighted by Gasteiger charge is 1.99. The number of hydrogen-bond acceptors (Lipinski definition) is 1. The molecule has 0 heterocycles. The minimum atomic E-state index is 0.576. The Kier molecular flexibility index (Phi) is 5.95. The molecule has 0 spiro atoms. The van der Waals surface area contributed by atoms with Crippen molar-refractivity contribution in [3.8, 4) is 0 Å². The lowest BCUT2D eigenvalue weighted by atomic mass is 10.3. The van der Waals surface area contributed by atoms with E-state index in [0.717, 1.165) is 5.69 Å². The van der Waals surface area contributed by atoms with Crippen molar-refractivity contribution < 1.29 is 0 Å². The van der Waals surface area contributed by atoms with Gasteiger partial charge in [0.1, 0.15) is 0 Å². The molecule has 0 aromatic heterocycles. The monoisotopic (exact) mass is 205 g/mol. The van der Waals surface area contributed by atoms with E-state index >= 15 is 0 Å². The maximum atomic E-state index is 5.80. The average molecular weight is 206 g/mol. The largest absolute Gasteiger partial charge is 0.387 e. The van der Waals surface area contributed by atoms with E-state index in [1.165, 1.54) is 0 Å². The van der Waals surface area contributed by atoms with E-state index in [0.29, 0.717) is 10.0 Å². The Hall–Kier alpha value is -0.400. The zero-order valence-electron chi connectivity index (χ0n) is 7.49. The van der Waals surface area contributed by atoms with Crippen LogP contribution in [0.3, 0.4) is 0 Å². The molecular formula is C9H13Cl2N. The number of rotatable bonds is 1. The highest BCUT2D eigenvalue weighted by atomic mass is 35.5. The number of halogens is 2. The maximum Gasteiger partial charge on any atom is 0.0823 e. The molecule has 0 fully saturated rings. The molecule has 1 rings (SSSR count). The molecule has 0 aliphatic heterocycles. The smallest absolute Gasteiger partial charge is 0.0823 e. The van der Waals surface area contributed by atoms with Gasteiger partial charge in [-0.25, -0.2) is 0 Å². The molecule has 0 radical (unpaired) electrons. The highest BCUT2D eigenvalue weighted by molar-refractivity contribution is 6.43. The Morgan fingerprint density at radius 3 is 2.17 bits per heavy atom. The summed E-state index contributed by atoms with van der Waals surface area (Å²) in [7, 11) is 1.80. The van der Waals surface area contributed by atoms with Gasteiger partial charge < -0.3 is 5.32 Å². The number of benzene rings is 1. The van der Waals surface area contributed by atoms with Crippen LogP contribution >= 0.6 is 23.2 Å². The molecule has 0 saturated carbocycles. The molecule has 0 bridgehead atoms. The Morgan fingerprint density at radius 2 is 1.75 bits per heavy atom. The Balaban J connectivity index is 0.000000561. The standard InChI is InChI=1S/C7H7Cl2N.C2H6/c1-10-6-4-2-3-5(8)7(6)9;1-2/h2-4,10H,1H3;1-2H3. The predicted octanol–water partition coefficient (Wildman–Crippen LogP) is 4.06. The summed E-state index contributed by atoms with van der Waals surface area (Å²) in [4.78, 5) is 0. The fourth-order valence-electron chi connectivity index (χ4n) is 0.697. The van der Waals surface area contributed by atoms with Gasteiger partial charge in [-0.2, -0.15) is 0 Å². The zero-order valence-corrected chi connectivity index (χ0v) is 9.00. The molecule has 0 atom stereocenters. The van der Waals surface area contributed by atoms with E-state index < -0.39 is 0 Å². The number of nitrogens with one attached hydrogen (secondary N) is 1. The lowest BCUT2D eigenvalue weighted by molar-refractivity contribution is 1.50. The SMILES string of the molecule is CC.CNc1cccc(Cl)c1Cl. The van der Waals surface area contributed by atoms with Gasteiger partial charge in [0.05, 0.1) is 15.7 Å². The summed E-state index contributed by atoms with van der Waals surface area (Å²) < 4.78 is 0. The van der Waals surface area contributed by atoms with Crippen LogP contribution in [0.4, 0.5) is 5.69 Å². The summed E-state index contributed by atoms with van der Waals surface area (Å²) in [6.07, 6.45) is 0. The van der Waals surface area contributed by atoms with Crippen LogP contribution in [0, 0.1) is 0 Å². The molecule has 0 unspecified atom stereocenters. The molecule has 0 saturated heterocycles. The van der Waals surface area contributed by atoms with Crippen molar-refractivity contribution >= 4 is 28.9 Å². The minimum absolute atomic E-state index is 0.576. The molecule has 68 valence electrons. The van der Waals surface area contributed by atoms with Gasteiger partial charge in [-0.1, -0.05) is 43.1 Å². The molecule has 12 heavy (non-hydrogen) atoms. The average Bonchev–Trinajstić information content (AvgIpc) is 2.13. The van der Waals surface area contributed by atoms with Crippen LogP contribution in [-0.4, -0.2) is 7.05 Å². The number of hydrogen-bond donors (Lipinski definition) is 1. The molecular weight excluding hydrogens is 193 g/mol. The first-order valence-electron chi connectivity index (χ1n) is 3.87. The summed E-state index contributed by atoms with van der Waals surface area (Å²) in [5.41, 5.74) is 0.856. The number of anilines is 1. The van der Waals surface area contributed by atoms with Crippen molar-refractivity contribution in [1.29, 1.82) is 0 Å². The summed E-state index contributed by atoms with van der Waals surface area (Å²) in [6.45, 7) is 4.00. The van der Waals surface area contributed by atoms with E-state index in [2.05, 4.69) is 5.32 Å². The Morgan fingerprint density at radius 1 is 1.17 bits per heavy atom. The van der Waals surface area contributed by atoms with Gasteiger partial charge >= 0.3 is 0 Å². The van der Waals surface area contributed by atoms with Crippen molar-refractivity contribution in [2.75, 3.05) is 12.4 Å². The minimum Gasteiger partial charge on any atom is -0.387 e. The van der Waals surface area contributed by atoms with Crippen molar-refractivity contribution in [3.63, 3.8) is 0 Å². The second kappa shape index (κ2) is 6.15. The molecule has 0 aliphatic carbocycles. The van der Waals surface area contributed by atoms with Crippen LogP contribution in [0.5, 0.6) is 0 Å². The fraction of sp³-hybridized carbons (Fsp3) is 0.333. The van der Waals surface area contributed by atoms with E-state index in [9.17, 15) is 0 Å². The van der Waals surface area contributed by atoms with Crippen molar-refractivity contribution in [1.82, 2.24) is 0 Å². The third kappa shape index (κ3) is 2.92. The third-order valence-corrected chi connectivity index (χ3v) is 2.04. The molecule has 1 aromatic carbocycles. The predicted molar refractivity (Wildman–Crippen MR) is 57.4 cm³/mol. The van der Waals surface area contributed by atoms with Crippen molar-refractivity contribution in [2.24, 2.45) is 0 Å². The van der Waals surface area contributed by atoms with Crippen LogP contribution < -0.4 is 5.32 Å². The lowest BCUT2D eigenvalue weighted by Crippen LogP contribution is -1.87. The summed E-state index contributed by atoms with van der Waals surface area (Å²) in [5, 5.41) is 4.07. The van der Waals surface area contributed by atoms with E-state index in [1.807, 2.05) is 26.0 Å². The molecule has 1 nitrogen and oxygen atoms in total. The summed E-state index contributed by atoms with van der Waals surface area (Å²) in [5.74, 6) is 0. The molecule has 0 amide bonds. The lowest BCUT2D eigenvalue weighted by Gasteiger charge is -2.02. The van der Waals surface area contributed by atoms with Gasteiger partial charge in [0.25, 0.3) is 0 Å². The normalized spacial score (nSPS) is 8.42. The topological polar surface area (TPSA) is 12.0 Å². The third-order valence-electron chi connectivity index (χ3n) is 1.22. The van der Waals surface area contributed by atoms with Gasteiger partial charge in [-0.15, -0.1) is 0 Å². The van der Waals surface area contributed by atoms with E-state index in [1.54, 1.807) is 13.1 Å². The van der Waals surface area contributed by atoms with Gasteiger partial charge in [0, 0.05) is 7.05 Å². The van der Waals surface area contributed by atoms with Crippen LogP contribution in [0.1, 0.15) is 13.8 Å². The Labute approximate surface area is 83.7 Å². The first-order chi connectivity index (χ1) is 5.75. The molecule has 0 aliphatic rings. The summed E-state index contributed by atoms with van der Waals surface area (Å²) in [6, 6.07) is 5.47. The zero-order chi connectivity index (χ0) is 9.56. The molecule has 3 heteroatoms. The first kappa shape index (κ1) is 11.6. The first-order valence-corrected chi connectivity index (χ1v) is 4.63. The van der Waals surface area contributed by atoms with Crippen molar-refractivity contribution in [2.45, 2.75) is 13.8 Å². The van der Waals surface area contributed by atoms with Crippen LogP contribution in [0.2, 0.25) is 10.0 Å². The van der Waals surface area contributed by atoms with Crippen molar-refractivity contribution in [3.05, 3.63) is 28.2 Å². The Bertz CT molecular complexity index is 236. The summed E-state index contributed by atoms with van der Waals surface area (Å²) >= 11 is 11.5. The van der Waals surface area contributed by atoms with Gasteiger partial charge in [0.15, 0.2) is 0 Å². The second-order valence-electron chi connectivity index (χ2n) is 1.85. The molecule has 1 N–H and O–H groups in total. The van der Waals surface area contributed by atoms with E-state index in [-0.39, 0.29) is 0 Å². The molecule has 1 aromatic rings. The van der Waals surface area contributed by atoms with Crippen LogP contribution in [0.15, 0.2) is 18.2 Å². The fourth-order valence-corrected chi connectivity index (χ4v) is 1.09. The van der Waals surface area contributed by atoms with Crippen LogP contribution in [-0.2, 0) is 0 Å². The second-order valence-corrected chi connectivity index (χ2v) is 2.64. The van der Waals surface area contributed by atoms with Crippen LogP contribution in [0.25, 0.3) is 0 Å². The highest BCUT2D eigenvalue weighted by Crippen LogP contribution is 2.28. The maximum absolute atomic E-state index is 5.80. The van der Waals surface area contributed by atoms with Gasteiger partial charge in [0.2, 0.25) is 0 Å². The van der Waals surface area contributed by atoms with Gasteiger partial charge in [-0.05, 0) is 12.1 Å².